The van der Waals surface area contributed by atoms with Gasteiger partial charge in [-0.25, -0.2) is 12.8 Å². The van der Waals surface area contributed by atoms with Crippen molar-refractivity contribution in [3.05, 3.63) is 45.9 Å². The van der Waals surface area contributed by atoms with Crippen LogP contribution in [0.2, 0.25) is 0 Å². The van der Waals surface area contributed by atoms with Crippen LogP contribution in [0.1, 0.15) is 17.4 Å². The molecule has 21 heavy (non-hydrogen) atoms. The van der Waals surface area contributed by atoms with Crippen LogP contribution in [0.25, 0.3) is 0 Å². The number of nitrogens with one attached hydrogen (secondary N) is 2. The third-order valence-corrected chi connectivity index (χ3v) is 5.36. The van der Waals surface area contributed by atoms with E-state index in [-0.39, 0.29) is 10.6 Å². The Balaban J connectivity index is 2.24. The third kappa shape index (κ3) is 3.81. The molecule has 0 atom stereocenters. The highest BCUT2D eigenvalue weighted by atomic mass is 32.2. The number of benzene rings is 1. The number of rotatable bonds is 6. The van der Waals surface area contributed by atoms with Gasteiger partial charge in [-0.05, 0) is 31.2 Å². The lowest BCUT2D eigenvalue weighted by Gasteiger charge is -2.10. The maximum absolute atomic E-state index is 13.7. The van der Waals surface area contributed by atoms with Gasteiger partial charge in [0.05, 0.1) is 10.6 Å². The molecule has 0 fully saturated rings. The van der Waals surface area contributed by atoms with Crippen molar-refractivity contribution in [2.75, 3.05) is 11.3 Å². The highest BCUT2D eigenvalue weighted by Crippen LogP contribution is 2.25. The molecule has 0 saturated carbocycles. The summed E-state index contributed by atoms with van der Waals surface area (Å²) in [6.07, 6.45) is 0. The summed E-state index contributed by atoms with van der Waals surface area (Å²) in [5.74, 6) is -0.582. The van der Waals surface area contributed by atoms with Crippen molar-refractivity contribution in [1.29, 1.82) is 0 Å². The average molecular weight is 328 g/mol. The summed E-state index contributed by atoms with van der Waals surface area (Å²) in [6.45, 7) is 5.07. The molecule has 1 heterocycles. The van der Waals surface area contributed by atoms with Crippen molar-refractivity contribution in [1.82, 2.24) is 5.32 Å². The Morgan fingerprint density at radius 2 is 2.10 bits per heavy atom. The van der Waals surface area contributed by atoms with Gasteiger partial charge in [0.2, 0.25) is 0 Å². The first-order valence-electron chi connectivity index (χ1n) is 6.50. The molecule has 0 radical (unpaired) electrons. The van der Waals surface area contributed by atoms with Crippen LogP contribution in [0.4, 0.5) is 10.1 Å². The van der Waals surface area contributed by atoms with Gasteiger partial charge in [-0.1, -0.05) is 19.1 Å². The minimum absolute atomic E-state index is 0.00284. The van der Waals surface area contributed by atoms with Gasteiger partial charge in [-0.15, -0.1) is 11.3 Å². The lowest BCUT2D eigenvalue weighted by molar-refractivity contribution is 0.598. The van der Waals surface area contributed by atoms with E-state index in [1.54, 1.807) is 30.5 Å². The van der Waals surface area contributed by atoms with Crippen LogP contribution in [0, 0.1) is 12.7 Å². The summed E-state index contributed by atoms with van der Waals surface area (Å²) in [5.41, 5.74) is 0.540. The van der Waals surface area contributed by atoms with Crippen LogP contribution in [0.5, 0.6) is 0 Å². The second-order valence-electron chi connectivity index (χ2n) is 4.57. The minimum Gasteiger partial charge on any atom is -0.312 e. The predicted molar refractivity (Wildman–Crippen MR) is 83.6 cm³/mol. The molecule has 4 nitrogen and oxygen atoms in total. The number of anilines is 1. The summed E-state index contributed by atoms with van der Waals surface area (Å²) in [6, 6.07) is 6.04. The fourth-order valence-corrected chi connectivity index (χ4v) is 4.18. The van der Waals surface area contributed by atoms with Gasteiger partial charge in [0, 0.05) is 16.8 Å². The number of halogens is 1. The van der Waals surface area contributed by atoms with Crippen molar-refractivity contribution in [2.24, 2.45) is 0 Å². The molecule has 0 spiro atoms. The van der Waals surface area contributed by atoms with Crippen molar-refractivity contribution < 1.29 is 12.8 Å². The second-order valence-corrected chi connectivity index (χ2v) is 7.24. The van der Waals surface area contributed by atoms with Crippen LogP contribution < -0.4 is 10.0 Å². The molecule has 0 aliphatic rings. The first-order valence-corrected chi connectivity index (χ1v) is 8.86. The van der Waals surface area contributed by atoms with E-state index in [9.17, 15) is 12.8 Å². The molecule has 0 saturated heterocycles. The van der Waals surface area contributed by atoms with E-state index in [0.29, 0.717) is 12.1 Å². The Bertz CT molecular complexity index is 706. The summed E-state index contributed by atoms with van der Waals surface area (Å²) in [7, 11) is -3.77. The van der Waals surface area contributed by atoms with Crippen LogP contribution in [-0.2, 0) is 16.6 Å². The second kappa shape index (κ2) is 6.55. The fourth-order valence-electron chi connectivity index (χ4n) is 1.80. The van der Waals surface area contributed by atoms with E-state index in [1.807, 2.05) is 6.92 Å². The summed E-state index contributed by atoms with van der Waals surface area (Å²) >= 11 is 1.36. The predicted octanol–water partition coefficient (Wildman–Crippen LogP) is 3.11. The SMILES string of the molecule is CCNCc1cc(S(=O)(=O)Nc2c(C)cccc2F)cs1. The van der Waals surface area contributed by atoms with E-state index < -0.39 is 15.8 Å². The number of para-hydroxylation sites is 1. The van der Waals surface area contributed by atoms with E-state index in [4.69, 9.17) is 0 Å². The van der Waals surface area contributed by atoms with Gasteiger partial charge in [-0.3, -0.25) is 4.72 Å². The molecule has 0 unspecified atom stereocenters. The van der Waals surface area contributed by atoms with Crippen LogP contribution in [0.15, 0.2) is 34.5 Å². The highest BCUT2D eigenvalue weighted by Gasteiger charge is 2.19. The number of hydrogen-bond acceptors (Lipinski definition) is 4. The summed E-state index contributed by atoms with van der Waals surface area (Å²) in [5, 5.41) is 4.69. The Kier molecular flexibility index (Phi) is 4.97. The number of hydrogen-bond donors (Lipinski definition) is 2. The lowest BCUT2D eigenvalue weighted by atomic mass is 10.2. The smallest absolute Gasteiger partial charge is 0.262 e. The molecule has 0 amide bonds. The Labute approximate surface area is 128 Å². The standard InChI is InChI=1S/C14H17FN2O2S2/c1-3-16-8-11-7-12(9-20-11)21(18,19)17-14-10(2)5-4-6-13(14)15/h4-7,9,16-17H,3,8H2,1-2H3. The van der Waals surface area contributed by atoms with Gasteiger partial charge in [0.15, 0.2) is 0 Å². The van der Waals surface area contributed by atoms with Gasteiger partial charge in [-0.2, -0.15) is 0 Å². The van der Waals surface area contributed by atoms with Gasteiger partial charge < -0.3 is 5.32 Å². The normalized spacial score (nSPS) is 11.6. The van der Waals surface area contributed by atoms with Gasteiger partial charge >= 0.3 is 0 Å². The maximum atomic E-state index is 13.7. The van der Waals surface area contributed by atoms with E-state index in [0.717, 1.165) is 11.4 Å². The van der Waals surface area contributed by atoms with Crippen LogP contribution >= 0.6 is 11.3 Å². The molecular weight excluding hydrogens is 311 g/mol. The number of thiophene rings is 1. The first kappa shape index (κ1) is 15.9. The zero-order valence-corrected chi connectivity index (χ0v) is 13.4. The number of aryl methyl sites for hydroxylation is 1. The van der Waals surface area contributed by atoms with E-state index in [1.165, 1.54) is 17.4 Å². The molecule has 2 N–H and O–H groups in total. The molecule has 0 bridgehead atoms. The van der Waals surface area contributed by atoms with Crippen molar-refractivity contribution >= 4 is 27.0 Å². The molecule has 2 aromatic rings. The van der Waals surface area contributed by atoms with E-state index >= 15 is 0 Å². The van der Waals surface area contributed by atoms with E-state index in [2.05, 4.69) is 10.0 Å². The van der Waals surface area contributed by atoms with Crippen molar-refractivity contribution in [3.63, 3.8) is 0 Å². The van der Waals surface area contributed by atoms with Gasteiger partial charge in [0.25, 0.3) is 10.0 Å². The highest BCUT2D eigenvalue weighted by molar-refractivity contribution is 7.92. The summed E-state index contributed by atoms with van der Waals surface area (Å²) < 4.78 is 40.7. The molecule has 1 aromatic heterocycles. The van der Waals surface area contributed by atoms with Crippen LogP contribution in [0.3, 0.4) is 0 Å². The molecule has 1 aromatic carbocycles. The molecule has 0 aliphatic heterocycles. The first-order chi connectivity index (χ1) is 9.94. The minimum atomic E-state index is -3.77. The zero-order valence-electron chi connectivity index (χ0n) is 11.8. The van der Waals surface area contributed by atoms with Crippen molar-refractivity contribution in [3.8, 4) is 0 Å². The summed E-state index contributed by atoms with van der Waals surface area (Å²) in [4.78, 5) is 1.07. The van der Waals surface area contributed by atoms with Crippen LogP contribution in [-0.4, -0.2) is 15.0 Å². The topological polar surface area (TPSA) is 58.2 Å². The maximum Gasteiger partial charge on any atom is 0.262 e. The Hall–Kier alpha value is -1.44. The molecule has 0 aliphatic carbocycles. The fraction of sp³-hybridized carbons (Fsp3) is 0.286. The van der Waals surface area contributed by atoms with Crippen molar-refractivity contribution in [2.45, 2.75) is 25.3 Å². The largest absolute Gasteiger partial charge is 0.312 e. The Morgan fingerprint density at radius 3 is 2.76 bits per heavy atom. The molecule has 2 rings (SSSR count). The average Bonchev–Trinajstić information content (AvgIpc) is 2.90. The molecular formula is C14H17FN2O2S2. The third-order valence-electron chi connectivity index (χ3n) is 2.95. The monoisotopic (exact) mass is 328 g/mol. The van der Waals surface area contributed by atoms with Gasteiger partial charge in [0.1, 0.15) is 5.82 Å². The zero-order chi connectivity index (χ0) is 15.5. The molecule has 7 heteroatoms. The Morgan fingerprint density at radius 1 is 1.33 bits per heavy atom. The molecule has 114 valence electrons. The number of sulfonamides is 1. The lowest BCUT2D eigenvalue weighted by Crippen LogP contribution is -2.14. The quantitative estimate of drug-likeness (QED) is 0.856.